The molecule has 8 N–H and O–H groups in total. The van der Waals surface area contributed by atoms with Gasteiger partial charge in [-0.3, -0.25) is 0 Å². The Labute approximate surface area is 238 Å². The summed E-state index contributed by atoms with van der Waals surface area (Å²) in [6, 6.07) is 0. The number of aliphatic hydroxyl groups is 8. The number of carbonyl (C=O) groups excluding carboxylic acids is 1. The number of hydrogen-bond acceptors (Lipinski definition) is 12. The highest BCUT2D eigenvalue weighted by Crippen LogP contribution is 2.70. The molecule has 6 aliphatic rings. The second-order valence-corrected chi connectivity index (χ2v) is 13.8. The fraction of sp³-hybridized carbons (Fsp3) is 0.897. The zero-order valence-electron chi connectivity index (χ0n) is 23.5. The molecule has 0 aromatic heterocycles. The van der Waals surface area contributed by atoms with Crippen LogP contribution in [0.15, 0.2) is 11.6 Å². The predicted molar refractivity (Wildman–Crippen MR) is 139 cm³/mol. The zero-order chi connectivity index (χ0) is 29.7. The van der Waals surface area contributed by atoms with E-state index in [-0.39, 0.29) is 38.2 Å². The average Bonchev–Trinajstić information content (AvgIpc) is 3.45. The molecule has 15 atom stereocenters. The van der Waals surface area contributed by atoms with Gasteiger partial charge in [0.15, 0.2) is 6.29 Å². The number of carbonyl (C=O) groups is 1. The van der Waals surface area contributed by atoms with Crippen molar-refractivity contribution in [2.45, 2.75) is 119 Å². The first-order chi connectivity index (χ1) is 19.2. The standard InChI is InChI=1S/C29H44O12/c1-13-22(34)23(35)24(36)25(40-13)41-15-8-19(32)28(12-30)21-17(3-5-27(28,37)9-15)29(38)6-4-16(14-7-20(33)39-11-14)26(29,2)10-18(21)31/h7,13,15-19,21-25,30-32,34-38H,3-6,8-12H2,1-2H3/t13-,15-,16+,17-,18-,19+,21-,22+,23-,24+,25+,26-,27+,28-,29+/m1/s1. The van der Waals surface area contributed by atoms with Crippen molar-refractivity contribution in [1.82, 2.24) is 0 Å². The highest BCUT2D eigenvalue weighted by molar-refractivity contribution is 5.85. The van der Waals surface area contributed by atoms with Crippen molar-refractivity contribution in [3.63, 3.8) is 0 Å². The summed E-state index contributed by atoms with van der Waals surface area (Å²) in [5.41, 5.74) is -4.46. The summed E-state index contributed by atoms with van der Waals surface area (Å²) < 4.78 is 16.7. The van der Waals surface area contributed by atoms with E-state index in [1.54, 1.807) is 0 Å². The number of cyclic esters (lactones) is 1. The van der Waals surface area contributed by atoms with Gasteiger partial charge in [-0.25, -0.2) is 4.79 Å². The normalized spacial score (nSPS) is 56.9. The quantitative estimate of drug-likeness (QED) is 0.140. The number of hydrogen-bond donors (Lipinski definition) is 8. The molecule has 0 unspecified atom stereocenters. The Hall–Kier alpha value is -1.19. The molecule has 0 aromatic carbocycles. The lowest BCUT2D eigenvalue weighted by Gasteiger charge is -2.68. The summed E-state index contributed by atoms with van der Waals surface area (Å²) in [5.74, 6) is -1.93. The molecule has 0 radical (unpaired) electrons. The maximum atomic E-state index is 12.4. The molecule has 12 nitrogen and oxygen atoms in total. The lowest BCUT2D eigenvalue weighted by molar-refractivity contribution is -0.342. The molecule has 2 aliphatic heterocycles. The van der Waals surface area contributed by atoms with E-state index in [2.05, 4.69) is 0 Å². The molecule has 6 rings (SSSR count). The third-order valence-electron chi connectivity index (χ3n) is 12.2. The van der Waals surface area contributed by atoms with Gasteiger partial charge in [0.2, 0.25) is 0 Å². The highest BCUT2D eigenvalue weighted by atomic mass is 16.7. The second-order valence-electron chi connectivity index (χ2n) is 13.8. The van der Waals surface area contributed by atoms with Crippen molar-refractivity contribution in [2.24, 2.45) is 28.6 Å². The lowest BCUT2D eigenvalue weighted by atomic mass is 9.40. The molecule has 0 aromatic rings. The van der Waals surface area contributed by atoms with Crippen LogP contribution >= 0.6 is 0 Å². The van der Waals surface area contributed by atoms with Crippen LogP contribution in [0.3, 0.4) is 0 Å². The van der Waals surface area contributed by atoms with Crippen molar-refractivity contribution in [1.29, 1.82) is 0 Å². The molecule has 5 fully saturated rings. The van der Waals surface area contributed by atoms with Gasteiger partial charge in [-0.15, -0.1) is 0 Å². The first-order valence-electron chi connectivity index (χ1n) is 14.9. The molecule has 1 saturated heterocycles. The van der Waals surface area contributed by atoms with E-state index in [1.165, 1.54) is 13.0 Å². The van der Waals surface area contributed by atoms with E-state index < -0.39 is 95.5 Å². The predicted octanol–water partition coefficient (Wildman–Crippen LogP) is -1.51. The van der Waals surface area contributed by atoms with Crippen molar-refractivity contribution >= 4 is 5.97 Å². The van der Waals surface area contributed by atoms with Gasteiger partial charge in [0, 0.05) is 30.3 Å². The van der Waals surface area contributed by atoms with Crippen LogP contribution in [0.1, 0.15) is 58.8 Å². The third-order valence-corrected chi connectivity index (χ3v) is 12.2. The average molecular weight is 585 g/mol. The maximum Gasteiger partial charge on any atom is 0.331 e. The van der Waals surface area contributed by atoms with Crippen LogP contribution in [-0.4, -0.2) is 120 Å². The van der Waals surface area contributed by atoms with Crippen LogP contribution < -0.4 is 0 Å². The summed E-state index contributed by atoms with van der Waals surface area (Å²) in [4.78, 5) is 11.8. The van der Waals surface area contributed by atoms with Gasteiger partial charge in [0.25, 0.3) is 0 Å². The van der Waals surface area contributed by atoms with Crippen molar-refractivity contribution in [3.8, 4) is 0 Å². The van der Waals surface area contributed by atoms with Crippen LogP contribution in [-0.2, 0) is 19.0 Å². The number of rotatable bonds is 4. The van der Waals surface area contributed by atoms with E-state index in [0.717, 1.165) is 5.57 Å². The molecule has 2 heterocycles. The van der Waals surface area contributed by atoms with Crippen LogP contribution in [0.2, 0.25) is 0 Å². The molecule has 4 aliphatic carbocycles. The minimum Gasteiger partial charge on any atom is -0.458 e. The molecular formula is C29H44O12. The number of fused-ring (bicyclic) bond motifs is 5. The fourth-order valence-corrected chi connectivity index (χ4v) is 10.1. The molecule has 4 saturated carbocycles. The Bertz CT molecular complexity index is 1080. The molecule has 12 heteroatoms. The Kier molecular flexibility index (Phi) is 7.22. The van der Waals surface area contributed by atoms with Crippen LogP contribution in [0.25, 0.3) is 0 Å². The van der Waals surface area contributed by atoms with Gasteiger partial charge < -0.3 is 55.1 Å². The smallest absolute Gasteiger partial charge is 0.331 e. The lowest BCUT2D eigenvalue weighted by Crippen LogP contribution is -2.76. The number of esters is 1. The van der Waals surface area contributed by atoms with Gasteiger partial charge in [0.1, 0.15) is 24.9 Å². The van der Waals surface area contributed by atoms with E-state index in [0.29, 0.717) is 19.3 Å². The fourth-order valence-electron chi connectivity index (χ4n) is 10.1. The third kappa shape index (κ3) is 3.99. The van der Waals surface area contributed by atoms with E-state index in [1.807, 2.05) is 6.92 Å². The highest BCUT2D eigenvalue weighted by Gasteiger charge is 2.75. The Morgan fingerprint density at radius 3 is 2.41 bits per heavy atom. The van der Waals surface area contributed by atoms with Gasteiger partial charge in [0.05, 0.1) is 47.6 Å². The Morgan fingerprint density at radius 2 is 1.76 bits per heavy atom. The van der Waals surface area contributed by atoms with E-state index in [9.17, 15) is 45.6 Å². The first kappa shape index (κ1) is 29.9. The van der Waals surface area contributed by atoms with Crippen LogP contribution in [0.5, 0.6) is 0 Å². The van der Waals surface area contributed by atoms with E-state index >= 15 is 0 Å². The summed E-state index contributed by atoms with van der Waals surface area (Å²) in [6.45, 7) is 3.00. The zero-order valence-corrected chi connectivity index (χ0v) is 23.5. The van der Waals surface area contributed by atoms with Gasteiger partial charge >= 0.3 is 5.97 Å². The number of ether oxygens (including phenoxy) is 3. The minimum absolute atomic E-state index is 0.0369. The van der Waals surface area contributed by atoms with Crippen molar-refractivity contribution < 1.29 is 59.9 Å². The second kappa shape index (κ2) is 9.91. The van der Waals surface area contributed by atoms with E-state index in [4.69, 9.17) is 14.2 Å². The summed E-state index contributed by atoms with van der Waals surface area (Å²) in [5, 5.41) is 89.6. The molecule has 0 amide bonds. The molecule has 232 valence electrons. The Morgan fingerprint density at radius 1 is 1.02 bits per heavy atom. The SMILES string of the molecule is C[C@H]1O[C@@H](O[C@@H]2C[C@H](O)[C@]3(CO)[C@H]4[C@H](O)C[C@]5(C)[C@H](C6=CC(=O)OC6)CC[C@]5(O)[C@@H]4CC[C@]3(O)C2)[C@@H](O)[C@H](O)[C@H]1O. The molecule has 0 spiro atoms. The summed E-state index contributed by atoms with van der Waals surface area (Å²) >= 11 is 0. The summed E-state index contributed by atoms with van der Waals surface area (Å²) in [7, 11) is 0. The van der Waals surface area contributed by atoms with Gasteiger partial charge in [-0.2, -0.15) is 0 Å². The van der Waals surface area contributed by atoms with Gasteiger partial charge in [-0.05, 0) is 56.4 Å². The Balaban J connectivity index is 1.28. The van der Waals surface area contributed by atoms with Gasteiger partial charge in [-0.1, -0.05) is 6.92 Å². The summed E-state index contributed by atoms with van der Waals surface area (Å²) in [6.07, 6.45) is -6.68. The number of aliphatic hydroxyl groups excluding tert-OH is 6. The molecular weight excluding hydrogens is 540 g/mol. The largest absolute Gasteiger partial charge is 0.458 e. The van der Waals surface area contributed by atoms with Crippen molar-refractivity contribution in [3.05, 3.63) is 11.6 Å². The maximum absolute atomic E-state index is 12.4. The first-order valence-corrected chi connectivity index (χ1v) is 14.9. The topological polar surface area (TPSA) is 207 Å². The van der Waals surface area contributed by atoms with Crippen LogP contribution in [0.4, 0.5) is 0 Å². The monoisotopic (exact) mass is 584 g/mol. The van der Waals surface area contributed by atoms with Crippen LogP contribution in [0, 0.1) is 28.6 Å². The molecule has 0 bridgehead atoms. The molecule has 41 heavy (non-hydrogen) atoms. The minimum atomic E-state index is -1.67. The van der Waals surface area contributed by atoms with Crippen molar-refractivity contribution in [2.75, 3.05) is 13.2 Å².